The molecule has 3 atom stereocenters. The Balaban J connectivity index is 1.19. The number of likely N-dealkylation sites (tertiary alicyclic amines) is 1. The largest absolute Gasteiger partial charge is 0.492 e. The second-order valence-corrected chi connectivity index (χ2v) is 13.6. The van der Waals surface area contributed by atoms with Crippen LogP contribution in [0.15, 0.2) is 54.6 Å². The average Bonchev–Trinajstić information content (AvgIpc) is 3.46. The van der Waals surface area contributed by atoms with Gasteiger partial charge in [0.2, 0.25) is 0 Å². The van der Waals surface area contributed by atoms with Crippen LogP contribution in [0.2, 0.25) is 0 Å². The Morgan fingerprint density at radius 2 is 1.77 bits per heavy atom. The second-order valence-electron chi connectivity index (χ2n) is 12.5. The van der Waals surface area contributed by atoms with E-state index in [1.54, 1.807) is 0 Å². The number of benzene rings is 3. The van der Waals surface area contributed by atoms with Crippen LogP contribution in [0.25, 0.3) is 0 Å². The van der Waals surface area contributed by atoms with Gasteiger partial charge in [-0.25, -0.2) is 0 Å². The van der Waals surface area contributed by atoms with Crippen LogP contribution in [0.1, 0.15) is 66.5 Å². The minimum atomic E-state index is -0.344. The minimum absolute atomic E-state index is 0.230. The molecule has 3 aromatic rings. The lowest BCUT2D eigenvalue weighted by atomic mass is 9.86. The Morgan fingerprint density at radius 3 is 2.50 bits per heavy atom. The third-order valence-corrected chi connectivity index (χ3v) is 9.85. The topological polar surface area (TPSA) is 57.2 Å². The Hall–Kier alpha value is -3.03. The molecule has 3 aromatic carbocycles. The fourth-order valence-electron chi connectivity index (χ4n) is 6.50. The van der Waals surface area contributed by atoms with Crippen molar-refractivity contribution in [2.24, 2.45) is 0 Å². The number of rotatable bonds is 12. The van der Waals surface area contributed by atoms with E-state index in [4.69, 9.17) is 18.9 Å². The van der Waals surface area contributed by atoms with Gasteiger partial charge in [-0.3, -0.25) is 9.69 Å². The number of nitrogens with zero attached hydrogens (tertiary/aromatic N) is 1. The number of carbonyl (C=O) groups is 1. The molecule has 1 saturated heterocycles. The smallest absolute Gasteiger partial charge is 0.320 e. The maximum absolute atomic E-state index is 11.9. The monoisotopic (exact) mass is 663 g/mol. The summed E-state index contributed by atoms with van der Waals surface area (Å²) in [6.45, 7) is 14.1. The van der Waals surface area contributed by atoms with Gasteiger partial charge in [0.1, 0.15) is 40.9 Å². The Morgan fingerprint density at radius 1 is 1.02 bits per heavy atom. The number of hydrogen-bond donors (Lipinski definition) is 0. The predicted octanol–water partition coefficient (Wildman–Crippen LogP) is 7.69. The first-order chi connectivity index (χ1) is 21.2. The highest BCUT2D eigenvalue weighted by atomic mass is 79.9. The van der Waals surface area contributed by atoms with Gasteiger partial charge in [-0.2, -0.15) is 0 Å². The van der Waals surface area contributed by atoms with E-state index < -0.39 is 0 Å². The Bertz CT molecular complexity index is 1430. The first-order valence-corrected chi connectivity index (χ1v) is 16.8. The molecule has 44 heavy (non-hydrogen) atoms. The molecule has 1 unspecified atom stereocenters. The van der Waals surface area contributed by atoms with Crippen molar-refractivity contribution >= 4 is 21.9 Å². The van der Waals surface area contributed by atoms with Gasteiger partial charge in [-0.15, -0.1) is 0 Å². The van der Waals surface area contributed by atoms with Gasteiger partial charge in [-0.1, -0.05) is 58.4 Å². The van der Waals surface area contributed by atoms with E-state index in [9.17, 15) is 4.79 Å². The van der Waals surface area contributed by atoms with Gasteiger partial charge < -0.3 is 18.9 Å². The molecule has 236 valence electrons. The zero-order valence-electron chi connectivity index (χ0n) is 26.8. The standard InChI is InChI=1S/C37H46BrNO5/c1-6-41-36(40)33(38)21-28-14-16-31(17-15-28)42-23-30-13-10-20-39(30)24-37(5)19-18-32-27(4)34(25(2)26(3)35(32)44-37)43-22-29-11-8-7-9-12-29/h7-9,11-12,14-17,30,33H,6,10,13,18-24H2,1-5H3/t30-,33?,37-/m0/s1. The summed E-state index contributed by atoms with van der Waals surface area (Å²) in [5.41, 5.74) is 6.79. The van der Waals surface area contributed by atoms with Crippen molar-refractivity contribution in [1.82, 2.24) is 4.90 Å². The highest BCUT2D eigenvalue weighted by Crippen LogP contribution is 2.44. The number of esters is 1. The number of halogens is 1. The maximum atomic E-state index is 11.9. The van der Waals surface area contributed by atoms with Crippen molar-refractivity contribution in [3.63, 3.8) is 0 Å². The lowest BCUT2D eigenvalue weighted by Gasteiger charge is -2.41. The van der Waals surface area contributed by atoms with E-state index in [1.165, 1.54) is 28.7 Å². The molecule has 5 rings (SSSR count). The summed E-state index contributed by atoms with van der Waals surface area (Å²) < 4.78 is 24.6. The van der Waals surface area contributed by atoms with Crippen molar-refractivity contribution in [3.8, 4) is 17.2 Å². The van der Waals surface area contributed by atoms with E-state index in [0.29, 0.717) is 32.3 Å². The summed E-state index contributed by atoms with van der Waals surface area (Å²) in [6, 6.07) is 18.7. The van der Waals surface area contributed by atoms with Crippen LogP contribution in [0.3, 0.4) is 0 Å². The van der Waals surface area contributed by atoms with Gasteiger partial charge in [0.05, 0.1) is 6.61 Å². The minimum Gasteiger partial charge on any atom is -0.492 e. The lowest BCUT2D eigenvalue weighted by molar-refractivity contribution is -0.142. The summed E-state index contributed by atoms with van der Waals surface area (Å²) in [6.07, 6.45) is 4.81. The first-order valence-electron chi connectivity index (χ1n) is 15.9. The summed E-state index contributed by atoms with van der Waals surface area (Å²) in [7, 11) is 0. The number of hydrogen-bond acceptors (Lipinski definition) is 6. The summed E-state index contributed by atoms with van der Waals surface area (Å²) >= 11 is 3.44. The van der Waals surface area contributed by atoms with Gasteiger partial charge in [0, 0.05) is 18.2 Å². The third kappa shape index (κ3) is 7.60. The molecular formula is C37H46BrNO5. The third-order valence-electron chi connectivity index (χ3n) is 9.15. The fraction of sp³-hybridized carbons (Fsp3) is 0.486. The number of alkyl halides is 1. The molecular weight excluding hydrogens is 618 g/mol. The highest BCUT2D eigenvalue weighted by molar-refractivity contribution is 9.10. The van der Waals surface area contributed by atoms with Gasteiger partial charge >= 0.3 is 5.97 Å². The van der Waals surface area contributed by atoms with Crippen LogP contribution >= 0.6 is 15.9 Å². The molecule has 2 aliphatic heterocycles. The van der Waals surface area contributed by atoms with Crippen LogP contribution < -0.4 is 14.2 Å². The second kappa shape index (κ2) is 14.4. The van der Waals surface area contributed by atoms with Crippen molar-refractivity contribution < 1.29 is 23.7 Å². The predicted molar refractivity (Wildman–Crippen MR) is 178 cm³/mol. The molecule has 2 heterocycles. The molecule has 0 N–H and O–H groups in total. The van der Waals surface area contributed by atoms with Crippen molar-refractivity contribution in [3.05, 3.63) is 88.0 Å². The van der Waals surface area contributed by atoms with Gasteiger partial charge in [-0.05, 0) is 113 Å². The maximum Gasteiger partial charge on any atom is 0.320 e. The van der Waals surface area contributed by atoms with Gasteiger partial charge in [0.15, 0.2) is 0 Å². The zero-order valence-corrected chi connectivity index (χ0v) is 28.4. The average molecular weight is 665 g/mol. The van der Waals surface area contributed by atoms with Crippen LogP contribution in [0.4, 0.5) is 0 Å². The van der Waals surface area contributed by atoms with E-state index in [-0.39, 0.29) is 16.4 Å². The van der Waals surface area contributed by atoms with E-state index in [0.717, 1.165) is 60.7 Å². The number of carbonyl (C=O) groups excluding carboxylic acids is 1. The number of fused-ring (bicyclic) bond motifs is 1. The van der Waals surface area contributed by atoms with Crippen LogP contribution in [-0.4, -0.2) is 53.6 Å². The molecule has 0 radical (unpaired) electrons. The van der Waals surface area contributed by atoms with Crippen LogP contribution in [0.5, 0.6) is 17.2 Å². The number of ether oxygens (including phenoxy) is 4. The Kier molecular flexibility index (Phi) is 10.6. The summed E-state index contributed by atoms with van der Waals surface area (Å²) in [4.78, 5) is 14.1. The summed E-state index contributed by atoms with van der Waals surface area (Å²) in [5.74, 6) is 2.66. The molecule has 1 fully saturated rings. The molecule has 0 bridgehead atoms. The molecule has 0 aromatic heterocycles. The molecule has 7 heteroatoms. The fourth-order valence-corrected chi connectivity index (χ4v) is 7.00. The molecule has 0 amide bonds. The van der Waals surface area contributed by atoms with E-state index in [2.05, 4.69) is 72.8 Å². The molecule has 0 aliphatic carbocycles. The van der Waals surface area contributed by atoms with E-state index in [1.807, 2.05) is 37.3 Å². The first kappa shape index (κ1) is 32.4. The van der Waals surface area contributed by atoms with Crippen molar-refractivity contribution in [2.45, 2.75) is 89.8 Å². The quantitative estimate of drug-likeness (QED) is 0.146. The molecule has 6 nitrogen and oxygen atoms in total. The highest BCUT2D eigenvalue weighted by Gasteiger charge is 2.39. The Labute approximate surface area is 271 Å². The van der Waals surface area contributed by atoms with Crippen molar-refractivity contribution in [2.75, 3.05) is 26.3 Å². The lowest BCUT2D eigenvalue weighted by Crippen LogP contribution is -2.50. The van der Waals surface area contributed by atoms with Crippen LogP contribution in [0, 0.1) is 20.8 Å². The SMILES string of the molecule is CCOC(=O)C(Br)Cc1ccc(OC[C@@H]2CCCN2C[C@]2(C)CCc3c(C)c(OCc4ccccc4)c(C)c(C)c3O2)cc1. The summed E-state index contributed by atoms with van der Waals surface area (Å²) in [5, 5.41) is 0. The van der Waals surface area contributed by atoms with E-state index >= 15 is 0 Å². The molecule has 2 aliphatic rings. The molecule has 0 saturated carbocycles. The van der Waals surface area contributed by atoms with Crippen molar-refractivity contribution in [1.29, 1.82) is 0 Å². The normalized spacial score (nSPS) is 20.5. The van der Waals surface area contributed by atoms with Gasteiger partial charge in [0.25, 0.3) is 0 Å². The molecule has 0 spiro atoms. The van der Waals surface area contributed by atoms with Crippen LogP contribution in [-0.2, 0) is 29.0 Å². The zero-order chi connectivity index (χ0) is 31.3.